The Morgan fingerprint density at radius 2 is 2.00 bits per heavy atom. The molecule has 0 amide bonds. The number of ketones is 1. The van der Waals surface area contributed by atoms with Gasteiger partial charge in [0.1, 0.15) is 17.6 Å². The zero-order chi connectivity index (χ0) is 18.8. The van der Waals surface area contributed by atoms with Gasteiger partial charge in [0.25, 0.3) is 0 Å². The Labute approximate surface area is 160 Å². The Hall–Kier alpha value is -2.33. The summed E-state index contributed by atoms with van der Waals surface area (Å²) in [5.41, 5.74) is 3.30. The van der Waals surface area contributed by atoms with Crippen LogP contribution in [0.2, 0.25) is 0 Å². The highest BCUT2D eigenvalue weighted by Gasteiger charge is 2.32. The fourth-order valence-corrected chi connectivity index (χ4v) is 4.24. The minimum atomic E-state index is 0.0517. The van der Waals surface area contributed by atoms with Crippen LogP contribution in [0.1, 0.15) is 55.5 Å². The van der Waals surface area contributed by atoms with Crippen molar-refractivity contribution in [3.63, 3.8) is 0 Å². The smallest absolute Gasteiger partial charge is 0.194 e. The van der Waals surface area contributed by atoms with Crippen LogP contribution >= 0.6 is 0 Å². The van der Waals surface area contributed by atoms with Gasteiger partial charge in [0.15, 0.2) is 5.78 Å². The molecule has 2 unspecified atom stereocenters. The van der Waals surface area contributed by atoms with E-state index in [0.717, 1.165) is 47.6 Å². The molecule has 27 heavy (non-hydrogen) atoms. The number of hydrogen-bond donors (Lipinski definition) is 1. The molecule has 0 radical (unpaired) electrons. The lowest BCUT2D eigenvalue weighted by Crippen LogP contribution is -2.45. The monoisotopic (exact) mass is 365 g/mol. The highest BCUT2D eigenvalue weighted by atomic mass is 16.5. The molecule has 1 saturated heterocycles. The van der Waals surface area contributed by atoms with Crippen LogP contribution in [0.15, 0.2) is 36.4 Å². The third kappa shape index (κ3) is 3.34. The van der Waals surface area contributed by atoms with Gasteiger partial charge in [-0.2, -0.15) is 0 Å². The number of carbonyl (C=O) groups excluding carboxylic acids is 1. The largest absolute Gasteiger partial charge is 0.494 e. The van der Waals surface area contributed by atoms with Crippen molar-refractivity contribution in [1.82, 2.24) is 5.32 Å². The van der Waals surface area contributed by atoms with Crippen LogP contribution in [0.5, 0.6) is 11.5 Å². The Bertz CT molecular complexity index is 840. The molecular formula is C23H27NO3. The minimum Gasteiger partial charge on any atom is -0.494 e. The SMILES string of the molecule is CCOc1ccc2c(c1)C(=O)c1cccc(OC(CC)C3CCCCN3)c1-2. The first kappa shape index (κ1) is 18.1. The summed E-state index contributed by atoms with van der Waals surface area (Å²) in [6, 6.07) is 11.9. The molecule has 142 valence electrons. The van der Waals surface area contributed by atoms with Crippen LogP contribution < -0.4 is 14.8 Å². The highest BCUT2D eigenvalue weighted by Crippen LogP contribution is 2.44. The molecule has 2 aromatic carbocycles. The summed E-state index contributed by atoms with van der Waals surface area (Å²) < 4.78 is 12.1. The molecule has 1 heterocycles. The predicted molar refractivity (Wildman–Crippen MR) is 107 cm³/mol. The molecule has 4 nitrogen and oxygen atoms in total. The summed E-state index contributed by atoms with van der Waals surface area (Å²) in [6.07, 6.45) is 4.66. The van der Waals surface area contributed by atoms with E-state index in [1.54, 1.807) is 0 Å². The summed E-state index contributed by atoms with van der Waals surface area (Å²) in [6.45, 7) is 5.75. The molecule has 1 N–H and O–H groups in total. The third-order valence-corrected chi connectivity index (χ3v) is 5.56. The average molecular weight is 365 g/mol. The molecule has 0 saturated carbocycles. The van der Waals surface area contributed by atoms with E-state index in [0.29, 0.717) is 18.2 Å². The Balaban J connectivity index is 1.68. The Morgan fingerprint density at radius 3 is 2.74 bits per heavy atom. The molecular weight excluding hydrogens is 338 g/mol. The van der Waals surface area contributed by atoms with Gasteiger partial charge in [0, 0.05) is 22.7 Å². The standard InChI is InChI=1S/C23H27NO3/c1-3-20(19-9-5-6-13-24-19)27-21-10-7-8-17-22(21)16-12-11-15(26-4-2)14-18(16)23(17)25/h7-8,10-12,14,19-20,24H,3-6,9,13H2,1-2H3. The first-order valence-electron chi connectivity index (χ1n) is 10.1. The van der Waals surface area contributed by atoms with E-state index in [4.69, 9.17) is 9.47 Å². The van der Waals surface area contributed by atoms with Gasteiger partial charge in [-0.15, -0.1) is 0 Å². The first-order valence-corrected chi connectivity index (χ1v) is 10.1. The second-order valence-corrected chi connectivity index (χ2v) is 7.27. The van der Waals surface area contributed by atoms with Gasteiger partial charge < -0.3 is 14.8 Å². The molecule has 0 bridgehead atoms. The van der Waals surface area contributed by atoms with E-state index in [-0.39, 0.29) is 11.9 Å². The van der Waals surface area contributed by atoms with Crippen molar-refractivity contribution < 1.29 is 14.3 Å². The van der Waals surface area contributed by atoms with E-state index in [1.807, 2.05) is 43.3 Å². The summed E-state index contributed by atoms with van der Waals surface area (Å²) in [7, 11) is 0. The van der Waals surface area contributed by atoms with E-state index in [9.17, 15) is 4.79 Å². The molecule has 2 aliphatic rings. The molecule has 0 spiro atoms. The molecule has 4 heteroatoms. The molecule has 1 aliphatic heterocycles. The van der Waals surface area contributed by atoms with Crippen LogP contribution in [-0.2, 0) is 0 Å². The van der Waals surface area contributed by atoms with Crippen molar-refractivity contribution in [3.05, 3.63) is 47.5 Å². The summed E-state index contributed by atoms with van der Waals surface area (Å²) in [4.78, 5) is 12.9. The maximum absolute atomic E-state index is 12.9. The molecule has 1 fully saturated rings. The third-order valence-electron chi connectivity index (χ3n) is 5.56. The average Bonchev–Trinajstić information content (AvgIpc) is 3.00. The lowest BCUT2D eigenvalue weighted by Gasteiger charge is -2.31. The van der Waals surface area contributed by atoms with E-state index >= 15 is 0 Å². The van der Waals surface area contributed by atoms with Gasteiger partial charge in [-0.1, -0.05) is 25.5 Å². The van der Waals surface area contributed by atoms with Crippen LogP contribution in [0.4, 0.5) is 0 Å². The number of fused-ring (bicyclic) bond motifs is 3. The quantitative estimate of drug-likeness (QED) is 0.694. The predicted octanol–water partition coefficient (Wildman–Crippen LogP) is 4.60. The van der Waals surface area contributed by atoms with Gasteiger partial charge in [0.05, 0.1) is 6.61 Å². The van der Waals surface area contributed by atoms with Gasteiger partial charge in [0.2, 0.25) is 0 Å². The minimum absolute atomic E-state index is 0.0517. The zero-order valence-corrected chi connectivity index (χ0v) is 16.1. The second kappa shape index (κ2) is 7.73. The highest BCUT2D eigenvalue weighted by molar-refractivity contribution is 6.22. The van der Waals surface area contributed by atoms with E-state index < -0.39 is 0 Å². The van der Waals surface area contributed by atoms with Crippen molar-refractivity contribution >= 4 is 5.78 Å². The van der Waals surface area contributed by atoms with Crippen LogP contribution in [-0.4, -0.2) is 31.1 Å². The van der Waals surface area contributed by atoms with E-state index in [1.165, 1.54) is 12.8 Å². The summed E-state index contributed by atoms with van der Waals surface area (Å²) in [5, 5.41) is 3.60. The summed E-state index contributed by atoms with van der Waals surface area (Å²) >= 11 is 0. The van der Waals surface area contributed by atoms with Crippen molar-refractivity contribution in [2.24, 2.45) is 0 Å². The number of rotatable bonds is 6. The number of benzene rings is 2. The van der Waals surface area contributed by atoms with Gasteiger partial charge in [-0.05, 0) is 62.6 Å². The van der Waals surface area contributed by atoms with Crippen LogP contribution in [0.25, 0.3) is 11.1 Å². The van der Waals surface area contributed by atoms with Crippen LogP contribution in [0.3, 0.4) is 0 Å². The lowest BCUT2D eigenvalue weighted by molar-refractivity contribution is 0.104. The lowest BCUT2D eigenvalue weighted by atomic mass is 9.98. The maximum atomic E-state index is 12.9. The van der Waals surface area contributed by atoms with Crippen molar-refractivity contribution in [2.45, 2.75) is 51.7 Å². The van der Waals surface area contributed by atoms with Gasteiger partial charge >= 0.3 is 0 Å². The van der Waals surface area contributed by atoms with E-state index in [2.05, 4.69) is 12.2 Å². The first-order chi connectivity index (χ1) is 13.2. The topological polar surface area (TPSA) is 47.6 Å². The second-order valence-electron chi connectivity index (χ2n) is 7.27. The molecule has 1 aliphatic carbocycles. The Kier molecular flexibility index (Phi) is 5.17. The van der Waals surface area contributed by atoms with Crippen molar-refractivity contribution in [2.75, 3.05) is 13.2 Å². The van der Waals surface area contributed by atoms with Gasteiger partial charge in [-0.3, -0.25) is 4.79 Å². The van der Waals surface area contributed by atoms with Crippen LogP contribution in [0, 0.1) is 0 Å². The maximum Gasteiger partial charge on any atom is 0.194 e. The molecule has 2 atom stereocenters. The zero-order valence-electron chi connectivity index (χ0n) is 16.1. The van der Waals surface area contributed by atoms with Crippen molar-refractivity contribution in [1.29, 1.82) is 0 Å². The number of nitrogens with one attached hydrogen (secondary N) is 1. The number of carbonyl (C=O) groups is 1. The molecule has 4 rings (SSSR count). The normalized spacial score (nSPS) is 19.3. The Morgan fingerprint density at radius 1 is 1.11 bits per heavy atom. The fourth-order valence-electron chi connectivity index (χ4n) is 4.24. The molecule has 0 aromatic heterocycles. The fraction of sp³-hybridized carbons (Fsp3) is 0.435. The number of hydrogen-bond acceptors (Lipinski definition) is 4. The summed E-state index contributed by atoms with van der Waals surface area (Å²) in [5.74, 6) is 1.59. The number of piperidine rings is 1. The number of ether oxygens (including phenoxy) is 2. The van der Waals surface area contributed by atoms with Gasteiger partial charge in [-0.25, -0.2) is 0 Å². The molecule has 2 aromatic rings. The van der Waals surface area contributed by atoms with Crippen molar-refractivity contribution in [3.8, 4) is 22.6 Å².